The lowest BCUT2D eigenvalue weighted by atomic mass is 10.2. The maximum absolute atomic E-state index is 5.97. The van der Waals surface area contributed by atoms with Crippen molar-refractivity contribution in [1.82, 2.24) is 20.3 Å². The van der Waals surface area contributed by atoms with Gasteiger partial charge in [-0.3, -0.25) is 0 Å². The van der Waals surface area contributed by atoms with E-state index < -0.39 is 0 Å². The van der Waals surface area contributed by atoms with Crippen molar-refractivity contribution >= 4 is 11.6 Å². The van der Waals surface area contributed by atoms with E-state index in [1.807, 2.05) is 36.0 Å². The molecule has 1 unspecified atom stereocenters. The first-order valence-corrected chi connectivity index (χ1v) is 5.91. The molecule has 1 aromatic carbocycles. The fraction of sp³-hybridized carbons (Fsp3) is 0.333. The van der Waals surface area contributed by atoms with Gasteiger partial charge in [-0.15, -0.1) is 5.10 Å². The van der Waals surface area contributed by atoms with E-state index in [4.69, 9.17) is 11.6 Å². The molecule has 2 aromatic rings. The van der Waals surface area contributed by atoms with E-state index >= 15 is 0 Å². The van der Waals surface area contributed by atoms with Gasteiger partial charge in [-0.1, -0.05) is 22.9 Å². The Hall–Kier alpha value is -1.39. The van der Waals surface area contributed by atoms with Crippen LogP contribution >= 0.6 is 11.6 Å². The molecular weight excluding hydrogens is 236 g/mol. The van der Waals surface area contributed by atoms with E-state index in [0.29, 0.717) is 11.1 Å². The number of halogens is 1. The second-order valence-electron chi connectivity index (χ2n) is 4.01. The average molecular weight is 251 g/mol. The van der Waals surface area contributed by atoms with Gasteiger partial charge in [-0.2, -0.15) is 0 Å². The van der Waals surface area contributed by atoms with Gasteiger partial charge in [0.25, 0.3) is 0 Å². The van der Waals surface area contributed by atoms with E-state index in [-0.39, 0.29) is 0 Å². The Morgan fingerprint density at radius 2 is 2.29 bits per heavy atom. The molecule has 0 spiro atoms. The van der Waals surface area contributed by atoms with Crippen LogP contribution in [0.15, 0.2) is 30.5 Å². The lowest BCUT2D eigenvalue weighted by molar-refractivity contribution is 0.588. The van der Waals surface area contributed by atoms with E-state index in [1.165, 1.54) is 0 Å². The maximum Gasteiger partial charge on any atom is 0.0730 e. The number of hydrogen-bond donors (Lipinski definition) is 1. The molecule has 0 saturated carbocycles. The zero-order valence-electron chi connectivity index (χ0n) is 9.89. The molecule has 5 heteroatoms. The summed E-state index contributed by atoms with van der Waals surface area (Å²) in [5.74, 6) is 0. The number of benzene rings is 1. The Labute approximate surface area is 106 Å². The predicted molar refractivity (Wildman–Crippen MR) is 68.6 cm³/mol. The number of hydrogen-bond acceptors (Lipinski definition) is 3. The summed E-state index contributed by atoms with van der Waals surface area (Å²) >= 11 is 5.97. The fourth-order valence-electron chi connectivity index (χ4n) is 1.64. The zero-order valence-corrected chi connectivity index (χ0v) is 10.6. The lowest BCUT2D eigenvalue weighted by Crippen LogP contribution is -2.24. The van der Waals surface area contributed by atoms with E-state index in [2.05, 4.69) is 22.6 Å². The molecular formula is C12H15ClN4. The van der Waals surface area contributed by atoms with Crippen molar-refractivity contribution in [2.24, 2.45) is 0 Å². The van der Waals surface area contributed by atoms with Gasteiger partial charge in [0.05, 0.1) is 17.6 Å². The van der Waals surface area contributed by atoms with E-state index in [0.717, 1.165) is 17.8 Å². The highest BCUT2D eigenvalue weighted by atomic mass is 35.5. The molecule has 0 bridgehead atoms. The summed E-state index contributed by atoms with van der Waals surface area (Å²) in [6, 6.07) is 7.98. The zero-order chi connectivity index (χ0) is 12.3. The topological polar surface area (TPSA) is 42.7 Å². The summed E-state index contributed by atoms with van der Waals surface area (Å²) < 4.78 is 1.82. The summed E-state index contributed by atoms with van der Waals surface area (Å²) in [4.78, 5) is 0. The van der Waals surface area contributed by atoms with Crippen LogP contribution in [0.3, 0.4) is 0 Å². The molecule has 0 aliphatic heterocycles. The standard InChI is InChI=1S/C12H15ClN4/c1-9(14-2)6-12-8-15-16-17(12)11-5-3-4-10(13)7-11/h3-5,7-9,14H,6H2,1-2H3. The largest absolute Gasteiger partial charge is 0.317 e. The van der Waals surface area contributed by atoms with Crippen molar-refractivity contribution < 1.29 is 0 Å². The molecule has 4 nitrogen and oxygen atoms in total. The van der Waals surface area contributed by atoms with Gasteiger partial charge in [0.1, 0.15) is 0 Å². The quantitative estimate of drug-likeness (QED) is 0.904. The van der Waals surface area contributed by atoms with E-state index in [9.17, 15) is 0 Å². The second kappa shape index (κ2) is 5.29. The van der Waals surface area contributed by atoms with Gasteiger partial charge in [0.15, 0.2) is 0 Å². The Morgan fingerprint density at radius 3 is 3.00 bits per heavy atom. The van der Waals surface area contributed by atoms with Crippen molar-refractivity contribution in [3.05, 3.63) is 41.2 Å². The first-order valence-electron chi connectivity index (χ1n) is 5.53. The monoisotopic (exact) mass is 250 g/mol. The fourth-order valence-corrected chi connectivity index (χ4v) is 1.82. The molecule has 0 radical (unpaired) electrons. The first-order chi connectivity index (χ1) is 8.20. The van der Waals surface area contributed by atoms with Crippen LogP contribution in [0.2, 0.25) is 5.02 Å². The SMILES string of the molecule is CNC(C)Cc1cnnn1-c1cccc(Cl)c1. The molecule has 0 aliphatic rings. The second-order valence-corrected chi connectivity index (χ2v) is 4.45. The van der Waals surface area contributed by atoms with E-state index in [1.54, 1.807) is 6.20 Å². The molecule has 0 aliphatic carbocycles. The molecule has 1 atom stereocenters. The van der Waals surface area contributed by atoms with Gasteiger partial charge >= 0.3 is 0 Å². The summed E-state index contributed by atoms with van der Waals surface area (Å²) in [6.45, 7) is 2.12. The van der Waals surface area contributed by atoms with Crippen molar-refractivity contribution in [1.29, 1.82) is 0 Å². The number of nitrogens with one attached hydrogen (secondary N) is 1. The van der Waals surface area contributed by atoms with Gasteiger partial charge in [-0.05, 0) is 32.2 Å². The third-order valence-corrected chi connectivity index (χ3v) is 2.92. The highest BCUT2D eigenvalue weighted by molar-refractivity contribution is 6.30. The van der Waals surface area contributed by atoms with Crippen LogP contribution in [0.1, 0.15) is 12.6 Å². The number of aromatic nitrogens is 3. The van der Waals surface area contributed by atoms with Gasteiger partial charge in [0.2, 0.25) is 0 Å². The number of nitrogens with zero attached hydrogens (tertiary/aromatic N) is 3. The van der Waals surface area contributed by atoms with Gasteiger partial charge in [0, 0.05) is 17.5 Å². The van der Waals surface area contributed by atoms with Crippen LogP contribution < -0.4 is 5.32 Å². The molecule has 0 saturated heterocycles. The summed E-state index contributed by atoms with van der Waals surface area (Å²) in [5.41, 5.74) is 2.00. The Balaban J connectivity index is 2.30. The minimum Gasteiger partial charge on any atom is -0.317 e. The molecule has 90 valence electrons. The minimum absolute atomic E-state index is 0.381. The smallest absolute Gasteiger partial charge is 0.0730 e. The van der Waals surface area contributed by atoms with Crippen LogP contribution in [0.4, 0.5) is 0 Å². The lowest BCUT2D eigenvalue weighted by Gasteiger charge is -2.11. The first kappa shape index (κ1) is 12.1. The summed E-state index contributed by atoms with van der Waals surface area (Å²) in [6.07, 6.45) is 2.66. The Bertz CT molecular complexity index is 495. The van der Waals surface area contributed by atoms with Crippen molar-refractivity contribution in [2.45, 2.75) is 19.4 Å². The third kappa shape index (κ3) is 2.84. The van der Waals surface area contributed by atoms with Gasteiger partial charge < -0.3 is 5.32 Å². The van der Waals surface area contributed by atoms with Crippen molar-refractivity contribution in [3.63, 3.8) is 0 Å². The highest BCUT2D eigenvalue weighted by Crippen LogP contribution is 2.16. The number of likely N-dealkylation sites (N-methyl/N-ethyl adjacent to an activating group) is 1. The molecule has 2 rings (SSSR count). The molecule has 1 aromatic heterocycles. The molecule has 0 fully saturated rings. The van der Waals surface area contributed by atoms with Crippen LogP contribution in [0.25, 0.3) is 5.69 Å². The minimum atomic E-state index is 0.381. The average Bonchev–Trinajstić information content (AvgIpc) is 2.77. The molecule has 1 N–H and O–H groups in total. The Morgan fingerprint density at radius 1 is 1.47 bits per heavy atom. The molecule has 1 heterocycles. The Kier molecular flexibility index (Phi) is 3.76. The molecule has 0 amide bonds. The molecule has 17 heavy (non-hydrogen) atoms. The summed E-state index contributed by atoms with van der Waals surface area (Å²) in [7, 11) is 1.94. The van der Waals surface area contributed by atoms with Crippen LogP contribution in [-0.2, 0) is 6.42 Å². The van der Waals surface area contributed by atoms with Gasteiger partial charge in [-0.25, -0.2) is 4.68 Å². The normalized spacial score (nSPS) is 12.6. The van der Waals surface area contributed by atoms with Crippen LogP contribution in [0, 0.1) is 0 Å². The van der Waals surface area contributed by atoms with Crippen LogP contribution in [-0.4, -0.2) is 28.1 Å². The predicted octanol–water partition coefficient (Wildman–Crippen LogP) is 2.07. The maximum atomic E-state index is 5.97. The van der Waals surface area contributed by atoms with Crippen LogP contribution in [0.5, 0.6) is 0 Å². The van der Waals surface area contributed by atoms with Crippen molar-refractivity contribution in [3.8, 4) is 5.69 Å². The summed E-state index contributed by atoms with van der Waals surface area (Å²) in [5, 5.41) is 12.0. The highest BCUT2D eigenvalue weighted by Gasteiger charge is 2.09. The van der Waals surface area contributed by atoms with Crippen molar-refractivity contribution in [2.75, 3.05) is 7.05 Å². The third-order valence-electron chi connectivity index (χ3n) is 2.68. The number of rotatable bonds is 4.